The monoisotopic (exact) mass is 478 g/mol. The van der Waals surface area contributed by atoms with Crippen LogP contribution in [0, 0.1) is 10.1 Å². The molecule has 2 heterocycles. The molecule has 0 saturated carbocycles. The van der Waals surface area contributed by atoms with Gasteiger partial charge in [0, 0.05) is 42.6 Å². The second-order valence-electron chi connectivity index (χ2n) is 7.31. The SMILES string of the molecule is O=[N+]([O-])c1c(Nc2ccc(C(F)(F)F)cc2)ncnc1N1CCN(c2cccc(Cl)c2)CC1. The third kappa shape index (κ3) is 5.08. The summed E-state index contributed by atoms with van der Waals surface area (Å²) in [6, 6.07) is 11.6. The summed E-state index contributed by atoms with van der Waals surface area (Å²) in [6.07, 6.45) is -3.28. The van der Waals surface area contributed by atoms with E-state index in [0.717, 1.165) is 17.8 Å². The average molecular weight is 479 g/mol. The van der Waals surface area contributed by atoms with Crippen LogP contribution < -0.4 is 15.1 Å². The summed E-state index contributed by atoms with van der Waals surface area (Å²) in [7, 11) is 0. The molecule has 1 aliphatic heterocycles. The third-order valence-electron chi connectivity index (χ3n) is 5.21. The normalized spacial score (nSPS) is 14.3. The lowest BCUT2D eigenvalue weighted by Crippen LogP contribution is -2.47. The van der Waals surface area contributed by atoms with E-state index in [-0.39, 0.29) is 23.0 Å². The Bertz CT molecular complexity index is 1150. The summed E-state index contributed by atoms with van der Waals surface area (Å²) < 4.78 is 38.4. The van der Waals surface area contributed by atoms with Crippen molar-refractivity contribution in [1.82, 2.24) is 9.97 Å². The van der Waals surface area contributed by atoms with Crippen LogP contribution in [-0.4, -0.2) is 41.1 Å². The number of nitro groups is 1. The van der Waals surface area contributed by atoms with Crippen LogP contribution in [0.25, 0.3) is 0 Å². The van der Waals surface area contributed by atoms with E-state index in [0.29, 0.717) is 31.2 Å². The largest absolute Gasteiger partial charge is 0.416 e. The Morgan fingerprint density at radius 3 is 2.27 bits per heavy atom. The quantitative estimate of drug-likeness (QED) is 0.402. The van der Waals surface area contributed by atoms with Gasteiger partial charge < -0.3 is 15.1 Å². The van der Waals surface area contributed by atoms with Gasteiger partial charge in [-0.2, -0.15) is 13.2 Å². The number of alkyl halides is 3. The van der Waals surface area contributed by atoms with E-state index >= 15 is 0 Å². The van der Waals surface area contributed by atoms with Crippen LogP contribution in [0.1, 0.15) is 5.56 Å². The predicted octanol–water partition coefficient (Wildman–Crippen LogP) is 5.13. The van der Waals surface area contributed by atoms with Gasteiger partial charge >= 0.3 is 11.9 Å². The Balaban J connectivity index is 1.54. The maximum atomic E-state index is 12.8. The summed E-state index contributed by atoms with van der Waals surface area (Å²) in [5.74, 6) is 0.0529. The van der Waals surface area contributed by atoms with E-state index in [4.69, 9.17) is 11.6 Å². The second-order valence-corrected chi connectivity index (χ2v) is 7.74. The van der Waals surface area contributed by atoms with Gasteiger partial charge in [-0.15, -0.1) is 0 Å². The lowest BCUT2D eigenvalue weighted by Gasteiger charge is -2.36. The summed E-state index contributed by atoms with van der Waals surface area (Å²) in [5.41, 5.74) is 0.0441. The molecule has 12 heteroatoms. The van der Waals surface area contributed by atoms with Crippen LogP contribution in [0.3, 0.4) is 0 Å². The maximum absolute atomic E-state index is 12.8. The molecule has 1 N–H and O–H groups in total. The van der Waals surface area contributed by atoms with Gasteiger partial charge in [-0.3, -0.25) is 10.1 Å². The van der Waals surface area contributed by atoms with Crippen LogP contribution in [0.15, 0.2) is 54.9 Å². The van der Waals surface area contributed by atoms with Gasteiger partial charge in [-0.1, -0.05) is 17.7 Å². The molecule has 1 fully saturated rings. The molecule has 33 heavy (non-hydrogen) atoms. The molecule has 1 saturated heterocycles. The van der Waals surface area contributed by atoms with Crippen molar-refractivity contribution in [2.75, 3.05) is 41.3 Å². The molecule has 1 aromatic heterocycles. The molecule has 2 aromatic carbocycles. The van der Waals surface area contributed by atoms with Crippen molar-refractivity contribution in [2.24, 2.45) is 0 Å². The Morgan fingerprint density at radius 2 is 1.67 bits per heavy atom. The highest BCUT2D eigenvalue weighted by atomic mass is 35.5. The van der Waals surface area contributed by atoms with E-state index in [2.05, 4.69) is 20.2 Å². The summed E-state index contributed by atoms with van der Waals surface area (Å²) in [6.45, 7) is 2.15. The number of anilines is 4. The first kappa shape index (κ1) is 22.6. The van der Waals surface area contributed by atoms with Crippen molar-refractivity contribution in [3.8, 4) is 0 Å². The molecule has 0 bridgehead atoms. The molecule has 4 rings (SSSR count). The molecule has 0 atom stereocenters. The maximum Gasteiger partial charge on any atom is 0.416 e. The van der Waals surface area contributed by atoms with Crippen LogP contribution >= 0.6 is 11.6 Å². The summed E-state index contributed by atoms with van der Waals surface area (Å²) in [4.78, 5) is 23.3. The number of piperazine rings is 1. The Labute approximate surface area is 191 Å². The van der Waals surface area contributed by atoms with Crippen molar-refractivity contribution in [3.05, 3.63) is 75.6 Å². The Kier molecular flexibility index (Phi) is 6.23. The zero-order valence-corrected chi connectivity index (χ0v) is 17.8. The molecule has 0 unspecified atom stereocenters. The van der Waals surface area contributed by atoms with Gasteiger partial charge in [-0.25, -0.2) is 9.97 Å². The molecule has 172 valence electrons. The van der Waals surface area contributed by atoms with E-state index in [1.807, 2.05) is 18.2 Å². The van der Waals surface area contributed by atoms with Crippen LogP contribution in [0.2, 0.25) is 5.02 Å². The standard InChI is InChI=1S/C21H18ClF3N6O2/c22-15-2-1-3-17(12-15)29-8-10-30(11-9-29)20-18(31(32)33)19(26-13-27-20)28-16-6-4-14(5-7-16)21(23,24)25/h1-7,12-13H,8-11H2,(H,26,27,28). The van der Waals surface area contributed by atoms with Gasteiger partial charge in [-0.05, 0) is 42.5 Å². The van der Waals surface area contributed by atoms with Crippen molar-refractivity contribution in [1.29, 1.82) is 0 Å². The highest BCUT2D eigenvalue weighted by Gasteiger charge is 2.31. The van der Waals surface area contributed by atoms with Gasteiger partial charge in [0.1, 0.15) is 6.33 Å². The van der Waals surface area contributed by atoms with Gasteiger partial charge in [0.15, 0.2) is 0 Å². The smallest absolute Gasteiger partial charge is 0.368 e. The van der Waals surface area contributed by atoms with E-state index in [1.54, 1.807) is 11.0 Å². The number of hydrogen-bond acceptors (Lipinski definition) is 7. The third-order valence-corrected chi connectivity index (χ3v) is 5.45. The minimum absolute atomic E-state index is 0.0953. The van der Waals surface area contributed by atoms with Crippen LogP contribution in [0.5, 0.6) is 0 Å². The molecular weight excluding hydrogens is 461 g/mol. The molecule has 8 nitrogen and oxygen atoms in total. The number of aromatic nitrogens is 2. The van der Waals surface area contributed by atoms with Crippen molar-refractivity contribution >= 4 is 40.3 Å². The van der Waals surface area contributed by atoms with E-state index in [9.17, 15) is 23.3 Å². The van der Waals surface area contributed by atoms with Crippen LogP contribution in [0.4, 0.5) is 41.9 Å². The number of halogens is 4. The number of nitrogens with zero attached hydrogens (tertiary/aromatic N) is 5. The first-order chi connectivity index (χ1) is 15.7. The lowest BCUT2D eigenvalue weighted by molar-refractivity contribution is -0.383. The summed E-state index contributed by atoms with van der Waals surface area (Å²) in [5, 5.41) is 15.2. The molecule has 3 aromatic rings. The first-order valence-corrected chi connectivity index (χ1v) is 10.3. The number of benzene rings is 2. The summed E-state index contributed by atoms with van der Waals surface area (Å²) >= 11 is 6.07. The van der Waals surface area contributed by atoms with Gasteiger partial charge in [0.2, 0.25) is 11.6 Å². The minimum Gasteiger partial charge on any atom is -0.368 e. The fourth-order valence-corrected chi connectivity index (χ4v) is 3.77. The minimum atomic E-state index is -4.47. The highest BCUT2D eigenvalue weighted by molar-refractivity contribution is 6.30. The average Bonchev–Trinajstić information content (AvgIpc) is 2.79. The molecule has 0 amide bonds. The van der Waals surface area contributed by atoms with E-state index in [1.165, 1.54) is 18.5 Å². The molecule has 0 spiro atoms. The fraction of sp³-hybridized carbons (Fsp3) is 0.238. The highest BCUT2D eigenvalue weighted by Crippen LogP contribution is 2.35. The second kappa shape index (κ2) is 9.10. The molecular formula is C21H18ClF3N6O2. The van der Waals surface area contributed by atoms with Crippen molar-refractivity contribution < 1.29 is 18.1 Å². The molecule has 0 radical (unpaired) electrons. The van der Waals surface area contributed by atoms with Gasteiger partial charge in [0.05, 0.1) is 10.5 Å². The van der Waals surface area contributed by atoms with Crippen molar-refractivity contribution in [3.63, 3.8) is 0 Å². The Hall–Kier alpha value is -3.60. The van der Waals surface area contributed by atoms with Crippen LogP contribution in [-0.2, 0) is 6.18 Å². The lowest BCUT2D eigenvalue weighted by atomic mass is 10.2. The predicted molar refractivity (Wildman–Crippen MR) is 119 cm³/mol. The zero-order chi connectivity index (χ0) is 23.6. The Morgan fingerprint density at radius 1 is 1.00 bits per heavy atom. The first-order valence-electron chi connectivity index (χ1n) is 9.91. The zero-order valence-electron chi connectivity index (χ0n) is 17.1. The number of hydrogen-bond donors (Lipinski definition) is 1. The fourth-order valence-electron chi connectivity index (χ4n) is 3.59. The molecule has 0 aliphatic carbocycles. The number of rotatable bonds is 5. The van der Waals surface area contributed by atoms with Gasteiger partial charge in [0.25, 0.3) is 0 Å². The van der Waals surface area contributed by atoms with E-state index < -0.39 is 16.7 Å². The topological polar surface area (TPSA) is 87.4 Å². The number of nitrogens with one attached hydrogen (secondary N) is 1. The van der Waals surface area contributed by atoms with Crippen molar-refractivity contribution in [2.45, 2.75) is 6.18 Å². The molecule has 1 aliphatic rings.